The summed E-state index contributed by atoms with van der Waals surface area (Å²) in [6, 6.07) is 0. The molecule has 1 N–H and O–H groups in total. The van der Waals surface area contributed by atoms with E-state index in [-0.39, 0.29) is 17.1 Å². The van der Waals surface area contributed by atoms with Gasteiger partial charge in [-0.3, -0.25) is 0 Å². The smallest absolute Gasteiger partial charge is 0.151 e. The van der Waals surface area contributed by atoms with Gasteiger partial charge in [0, 0.05) is 5.41 Å². The van der Waals surface area contributed by atoms with E-state index in [4.69, 9.17) is 0 Å². The van der Waals surface area contributed by atoms with Gasteiger partial charge in [-0.05, 0) is 42.9 Å². The summed E-state index contributed by atoms with van der Waals surface area (Å²) in [5.41, 5.74) is -0.454. The number of hydrogen-bond donors (Lipinski definition) is 1. The van der Waals surface area contributed by atoms with Crippen LogP contribution < -0.4 is 0 Å². The first-order chi connectivity index (χ1) is 14.1. The van der Waals surface area contributed by atoms with Gasteiger partial charge in [-0.25, -0.2) is 8.42 Å². The minimum Gasteiger partial charge on any atom is -0.392 e. The summed E-state index contributed by atoms with van der Waals surface area (Å²) >= 11 is 0. The highest BCUT2D eigenvalue weighted by Gasteiger charge is 2.64. The molecule has 2 bridgehead atoms. The van der Waals surface area contributed by atoms with Crippen molar-refractivity contribution >= 4 is 9.84 Å². The maximum atomic E-state index is 12.8. The van der Waals surface area contributed by atoms with Crippen LogP contribution in [-0.2, 0) is 9.84 Å². The van der Waals surface area contributed by atoms with Crippen LogP contribution in [0.25, 0.3) is 0 Å². The lowest BCUT2D eigenvalue weighted by Gasteiger charge is -2.40. The van der Waals surface area contributed by atoms with E-state index in [1.807, 2.05) is 13.8 Å². The number of hydrogen-bond acceptors (Lipinski definition) is 3. The van der Waals surface area contributed by atoms with Gasteiger partial charge in [-0.15, -0.1) is 0 Å². The van der Waals surface area contributed by atoms with Crippen molar-refractivity contribution in [1.29, 1.82) is 0 Å². The first-order valence-electron chi connectivity index (χ1n) is 13.0. The van der Waals surface area contributed by atoms with Gasteiger partial charge in [0.15, 0.2) is 9.84 Å². The van der Waals surface area contributed by atoms with Crippen molar-refractivity contribution in [2.24, 2.45) is 22.7 Å². The molecular formula is C26H54O3S. The van der Waals surface area contributed by atoms with Crippen LogP contribution in [0.1, 0.15) is 126 Å². The van der Waals surface area contributed by atoms with E-state index in [9.17, 15) is 13.5 Å². The zero-order chi connectivity index (χ0) is 23.4. The third-order valence-corrected chi connectivity index (χ3v) is 9.79. The number of unbranched alkanes of at least 4 members (excludes halogenated alkanes) is 4. The fourth-order valence-corrected chi connectivity index (χ4v) is 8.32. The third-order valence-electron chi connectivity index (χ3n) is 7.86. The summed E-state index contributed by atoms with van der Waals surface area (Å²) in [4.78, 5) is 0. The number of fused-ring (bicyclic) bond motifs is 2. The first-order valence-corrected chi connectivity index (χ1v) is 14.8. The Morgan fingerprint density at radius 3 is 1.87 bits per heavy atom. The maximum absolute atomic E-state index is 12.8. The molecule has 4 atom stereocenters. The van der Waals surface area contributed by atoms with Crippen LogP contribution >= 0.6 is 0 Å². The minimum atomic E-state index is -3.11. The highest BCUT2D eigenvalue weighted by atomic mass is 32.2. The van der Waals surface area contributed by atoms with Crippen molar-refractivity contribution in [3.05, 3.63) is 0 Å². The molecule has 2 rings (SSSR count). The first kappa shape index (κ1) is 29.9. The Balaban J connectivity index is 0.000000905. The number of aliphatic hydroxyl groups is 1. The number of sulfone groups is 1. The zero-order valence-electron chi connectivity index (χ0n) is 21.6. The molecule has 2 fully saturated rings. The Morgan fingerprint density at radius 1 is 0.967 bits per heavy atom. The second-order valence-corrected chi connectivity index (χ2v) is 12.2. The molecule has 4 unspecified atom stereocenters. The van der Waals surface area contributed by atoms with Gasteiger partial charge >= 0.3 is 0 Å². The van der Waals surface area contributed by atoms with E-state index < -0.39 is 21.4 Å². The molecular weight excluding hydrogens is 392 g/mol. The van der Waals surface area contributed by atoms with E-state index in [1.165, 1.54) is 25.7 Å². The molecule has 0 aliphatic heterocycles. The van der Waals surface area contributed by atoms with Crippen molar-refractivity contribution in [2.75, 3.05) is 11.5 Å². The molecule has 0 radical (unpaired) electrons. The van der Waals surface area contributed by atoms with Crippen molar-refractivity contribution in [3.8, 4) is 0 Å². The molecule has 0 amide bonds. The molecule has 0 aromatic heterocycles. The number of aliphatic hydroxyl groups excluding tert-OH is 1. The molecule has 0 aromatic carbocycles. The molecule has 0 spiro atoms. The van der Waals surface area contributed by atoms with Gasteiger partial charge in [0.2, 0.25) is 0 Å². The van der Waals surface area contributed by atoms with Gasteiger partial charge < -0.3 is 5.11 Å². The maximum Gasteiger partial charge on any atom is 0.151 e. The molecule has 2 saturated carbocycles. The van der Waals surface area contributed by atoms with Crippen LogP contribution in [0.3, 0.4) is 0 Å². The Hall–Kier alpha value is -0.0900. The lowest BCUT2D eigenvalue weighted by molar-refractivity contribution is 0.0153. The van der Waals surface area contributed by atoms with Gasteiger partial charge in [0.25, 0.3) is 0 Å². The summed E-state index contributed by atoms with van der Waals surface area (Å²) in [7, 11) is -3.11. The molecule has 3 nitrogen and oxygen atoms in total. The highest BCUT2D eigenvalue weighted by Crippen LogP contribution is 2.66. The summed E-state index contributed by atoms with van der Waals surface area (Å²) in [5, 5.41) is 10.5. The molecule has 30 heavy (non-hydrogen) atoms. The highest BCUT2D eigenvalue weighted by molar-refractivity contribution is 7.91. The van der Waals surface area contributed by atoms with E-state index in [0.717, 1.165) is 44.9 Å². The summed E-state index contributed by atoms with van der Waals surface area (Å²) in [5.74, 6) is 1.26. The van der Waals surface area contributed by atoms with Gasteiger partial charge in [0.1, 0.15) is 0 Å². The largest absolute Gasteiger partial charge is 0.392 e. The van der Waals surface area contributed by atoms with Crippen LogP contribution in [0, 0.1) is 22.7 Å². The van der Waals surface area contributed by atoms with Crippen LogP contribution in [0.15, 0.2) is 0 Å². The van der Waals surface area contributed by atoms with Crippen LogP contribution in [0.5, 0.6) is 0 Å². The van der Waals surface area contributed by atoms with Crippen molar-refractivity contribution < 1.29 is 13.5 Å². The summed E-state index contributed by atoms with van der Waals surface area (Å²) < 4.78 is 25.6. The lowest BCUT2D eigenvalue weighted by atomic mass is 9.70. The second kappa shape index (κ2) is 14.1. The van der Waals surface area contributed by atoms with E-state index in [2.05, 4.69) is 41.5 Å². The van der Waals surface area contributed by atoms with Crippen LogP contribution in [-0.4, -0.2) is 31.1 Å². The van der Waals surface area contributed by atoms with Crippen molar-refractivity contribution in [1.82, 2.24) is 0 Å². The standard InChI is InChI=1S/C18H34O3S.C6H14.C2H6/c1-5-7-8-14(6-2)12-22(20,21)13-18-10-9-15(11-16(18)19)17(18,3)4;1-3-5-6-4-2;1-2/h14-16,19H,5-13H2,1-4H3;3-6H2,1-2H3;1-2H3. The van der Waals surface area contributed by atoms with Gasteiger partial charge in [-0.1, -0.05) is 100 Å². The van der Waals surface area contributed by atoms with E-state index in [1.54, 1.807) is 0 Å². The number of rotatable bonds is 11. The Kier molecular flexibility index (Phi) is 14.1. The Bertz CT molecular complexity index is 536. The third kappa shape index (κ3) is 7.80. The topological polar surface area (TPSA) is 54.4 Å². The van der Waals surface area contributed by atoms with Crippen molar-refractivity contribution in [2.45, 2.75) is 132 Å². The predicted octanol–water partition coefficient (Wildman–Crippen LogP) is 7.42. The Labute approximate surface area is 189 Å². The molecule has 4 heteroatoms. The van der Waals surface area contributed by atoms with Crippen LogP contribution in [0.2, 0.25) is 0 Å². The van der Waals surface area contributed by atoms with Gasteiger partial charge in [-0.2, -0.15) is 0 Å². The lowest BCUT2D eigenvalue weighted by Crippen LogP contribution is -2.45. The SMILES string of the molecule is CC.CCCCC(CC)CS(=O)(=O)CC12CCC(CC1O)C2(C)C.CCCCCC. The van der Waals surface area contributed by atoms with Crippen LogP contribution in [0.4, 0.5) is 0 Å². The average Bonchev–Trinajstić information content (AvgIpc) is 3.05. The minimum absolute atomic E-state index is 0.0510. The molecule has 0 saturated heterocycles. The fraction of sp³-hybridized carbons (Fsp3) is 1.00. The van der Waals surface area contributed by atoms with E-state index in [0.29, 0.717) is 11.7 Å². The molecule has 0 heterocycles. The fourth-order valence-electron chi connectivity index (χ4n) is 5.59. The zero-order valence-corrected chi connectivity index (χ0v) is 22.4. The van der Waals surface area contributed by atoms with Gasteiger partial charge in [0.05, 0.1) is 17.6 Å². The summed E-state index contributed by atoms with van der Waals surface area (Å²) in [6.45, 7) is 17.0. The average molecular weight is 447 g/mol. The van der Waals surface area contributed by atoms with Crippen molar-refractivity contribution in [3.63, 3.8) is 0 Å². The monoisotopic (exact) mass is 446 g/mol. The molecule has 2 aliphatic rings. The second-order valence-electron chi connectivity index (χ2n) is 10.0. The summed E-state index contributed by atoms with van der Waals surface area (Å²) in [6.07, 6.45) is 12.0. The predicted molar refractivity (Wildman–Crippen MR) is 133 cm³/mol. The normalized spacial score (nSPS) is 27.6. The molecule has 0 aromatic rings. The van der Waals surface area contributed by atoms with E-state index >= 15 is 0 Å². The molecule has 182 valence electrons. The molecule has 2 aliphatic carbocycles. The Morgan fingerprint density at radius 2 is 1.50 bits per heavy atom. The quantitative estimate of drug-likeness (QED) is 0.336.